The summed E-state index contributed by atoms with van der Waals surface area (Å²) in [5.74, 6) is -0.366. The number of likely N-dealkylation sites (tertiary alicyclic amines) is 1. The summed E-state index contributed by atoms with van der Waals surface area (Å²) < 4.78 is 36.9. The molecule has 2 aromatic carbocycles. The smallest absolute Gasteiger partial charge is 0.259 e. The van der Waals surface area contributed by atoms with Gasteiger partial charge in [0.05, 0.1) is 18.4 Å². The van der Waals surface area contributed by atoms with Crippen LogP contribution < -0.4 is 4.74 Å². The number of nitrogens with zero attached hydrogens (tertiary/aromatic N) is 5. The summed E-state index contributed by atoms with van der Waals surface area (Å²) in [4.78, 5) is 22.8. The van der Waals surface area contributed by atoms with Gasteiger partial charge in [-0.3, -0.25) is 4.79 Å². The minimum absolute atomic E-state index is 0.00514. The number of carbonyl (C=O) groups is 1. The predicted octanol–water partition coefficient (Wildman–Crippen LogP) is 3.86. The number of aryl methyl sites for hydroxylation is 1. The molecule has 3 heterocycles. The minimum atomic E-state index is -2.05. The number of benzene rings is 2. The van der Waals surface area contributed by atoms with Crippen molar-refractivity contribution in [3.05, 3.63) is 65.7 Å². The minimum Gasteiger partial charge on any atom is -0.495 e. The third kappa shape index (κ3) is 3.24. The summed E-state index contributed by atoms with van der Waals surface area (Å²) in [5.41, 5.74) is 1.52. The van der Waals surface area contributed by atoms with Gasteiger partial charge in [-0.25, -0.2) is 18.3 Å². The molecule has 1 aliphatic heterocycles. The standard InChI is InChI=1S/C23H21F2N5O2/c1-13-9-19(30-23(28-13)26-12-27-30)15-10-18(24)21(25)29(11-15)22(31)17-8-7-14-5-3-4-6-16(14)20(17)32-2/h3-9,12,15,18,21H,10-11H2,1-2H3. The Morgan fingerprint density at radius 2 is 2.00 bits per heavy atom. The van der Waals surface area contributed by atoms with Crippen molar-refractivity contribution in [2.75, 3.05) is 13.7 Å². The fourth-order valence-electron chi connectivity index (χ4n) is 4.44. The van der Waals surface area contributed by atoms with Crippen molar-refractivity contribution in [1.29, 1.82) is 0 Å². The number of piperidine rings is 1. The Hall–Kier alpha value is -3.62. The van der Waals surface area contributed by atoms with Gasteiger partial charge in [-0.1, -0.05) is 30.3 Å². The Kier molecular flexibility index (Phi) is 4.96. The fraction of sp³-hybridized carbons (Fsp3) is 0.304. The van der Waals surface area contributed by atoms with Crippen molar-refractivity contribution in [3.8, 4) is 5.75 Å². The van der Waals surface area contributed by atoms with Crippen molar-refractivity contribution < 1.29 is 18.3 Å². The fourth-order valence-corrected chi connectivity index (χ4v) is 4.44. The number of hydrogen-bond donors (Lipinski definition) is 0. The first-order chi connectivity index (χ1) is 15.5. The lowest BCUT2D eigenvalue weighted by molar-refractivity contribution is -0.0167. The summed E-state index contributed by atoms with van der Waals surface area (Å²) in [7, 11) is 1.46. The average molecular weight is 437 g/mol. The SMILES string of the molecule is COc1c(C(=O)N2CC(c3cc(C)nc4ncnn34)CC(F)C2F)ccc2ccccc12. The van der Waals surface area contributed by atoms with Crippen LogP contribution in [0.2, 0.25) is 0 Å². The number of alkyl halides is 2. The first kappa shape index (κ1) is 20.3. The number of ether oxygens (including phenoxy) is 1. The Morgan fingerprint density at radius 3 is 2.81 bits per heavy atom. The van der Waals surface area contributed by atoms with Crippen LogP contribution in [-0.2, 0) is 0 Å². The first-order valence-corrected chi connectivity index (χ1v) is 10.3. The lowest BCUT2D eigenvalue weighted by atomic mass is 9.91. The maximum absolute atomic E-state index is 15.0. The van der Waals surface area contributed by atoms with Gasteiger partial charge >= 0.3 is 0 Å². The van der Waals surface area contributed by atoms with Crippen LogP contribution in [0.25, 0.3) is 16.6 Å². The molecule has 1 saturated heterocycles. The highest BCUT2D eigenvalue weighted by atomic mass is 19.2. The van der Waals surface area contributed by atoms with Gasteiger partial charge in [0, 0.05) is 23.5 Å². The zero-order valence-electron chi connectivity index (χ0n) is 17.6. The second-order valence-corrected chi connectivity index (χ2v) is 7.94. The number of halogens is 2. The van der Waals surface area contributed by atoms with Crippen LogP contribution in [-0.4, -0.2) is 56.5 Å². The van der Waals surface area contributed by atoms with Crippen molar-refractivity contribution >= 4 is 22.5 Å². The maximum Gasteiger partial charge on any atom is 0.259 e. The molecule has 3 unspecified atom stereocenters. The molecule has 0 saturated carbocycles. The van der Waals surface area contributed by atoms with Crippen LogP contribution in [0.4, 0.5) is 8.78 Å². The Balaban J connectivity index is 1.55. The average Bonchev–Trinajstić information content (AvgIpc) is 3.27. The van der Waals surface area contributed by atoms with Crippen molar-refractivity contribution in [3.63, 3.8) is 0 Å². The van der Waals surface area contributed by atoms with Crippen LogP contribution in [0.3, 0.4) is 0 Å². The predicted molar refractivity (Wildman–Crippen MR) is 114 cm³/mol. The van der Waals surface area contributed by atoms with Gasteiger partial charge in [0.15, 0.2) is 6.17 Å². The van der Waals surface area contributed by atoms with E-state index in [2.05, 4.69) is 15.1 Å². The highest BCUT2D eigenvalue weighted by Gasteiger charge is 2.41. The number of amides is 1. The number of carbonyl (C=O) groups excluding carboxylic acids is 1. The molecule has 9 heteroatoms. The van der Waals surface area contributed by atoms with E-state index in [1.54, 1.807) is 25.1 Å². The normalized spacial score (nSPS) is 21.2. The Bertz CT molecular complexity index is 1320. The van der Waals surface area contributed by atoms with Crippen LogP contribution >= 0.6 is 0 Å². The quantitative estimate of drug-likeness (QED) is 0.455. The molecule has 32 heavy (non-hydrogen) atoms. The number of aromatic nitrogens is 4. The Morgan fingerprint density at radius 1 is 1.19 bits per heavy atom. The van der Waals surface area contributed by atoms with Crippen LogP contribution in [0, 0.1) is 6.92 Å². The Labute approximate surface area is 182 Å². The summed E-state index contributed by atoms with van der Waals surface area (Å²) in [6.07, 6.45) is -2.60. The second-order valence-electron chi connectivity index (χ2n) is 7.94. The van der Waals surface area contributed by atoms with E-state index in [1.807, 2.05) is 24.3 Å². The van der Waals surface area contributed by atoms with E-state index in [4.69, 9.17) is 4.74 Å². The van der Waals surface area contributed by atoms with Gasteiger partial charge in [-0.15, -0.1) is 0 Å². The molecule has 5 rings (SSSR count). The molecule has 2 aromatic heterocycles. The lowest BCUT2D eigenvalue weighted by Crippen LogP contribution is -2.50. The summed E-state index contributed by atoms with van der Waals surface area (Å²) in [5, 5.41) is 5.79. The molecule has 4 aromatic rings. The number of fused-ring (bicyclic) bond motifs is 2. The van der Waals surface area contributed by atoms with Crippen molar-refractivity contribution in [1.82, 2.24) is 24.5 Å². The molecule has 0 N–H and O–H groups in total. The summed E-state index contributed by atoms with van der Waals surface area (Å²) in [6.45, 7) is 1.80. The molecule has 0 spiro atoms. The first-order valence-electron chi connectivity index (χ1n) is 10.3. The largest absolute Gasteiger partial charge is 0.495 e. The van der Waals surface area contributed by atoms with Gasteiger partial charge in [-0.2, -0.15) is 10.1 Å². The van der Waals surface area contributed by atoms with E-state index in [-0.39, 0.29) is 18.5 Å². The monoisotopic (exact) mass is 437 g/mol. The van der Waals surface area contributed by atoms with E-state index in [1.165, 1.54) is 18.0 Å². The molecule has 0 bridgehead atoms. The molecule has 1 fully saturated rings. The summed E-state index contributed by atoms with van der Waals surface area (Å²) in [6, 6.07) is 12.6. The molecule has 164 valence electrons. The molecular formula is C23H21F2N5O2. The molecule has 1 aliphatic rings. The number of hydrogen-bond acceptors (Lipinski definition) is 5. The zero-order valence-corrected chi connectivity index (χ0v) is 17.6. The van der Waals surface area contributed by atoms with Crippen LogP contribution in [0.1, 0.15) is 34.1 Å². The van der Waals surface area contributed by atoms with Gasteiger partial charge in [0.1, 0.15) is 12.1 Å². The van der Waals surface area contributed by atoms with Gasteiger partial charge in [-0.05, 0) is 30.9 Å². The molecule has 1 amide bonds. The van der Waals surface area contributed by atoms with Gasteiger partial charge in [0.2, 0.25) is 6.30 Å². The highest BCUT2D eigenvalue weighted by Crippen LogP contribution is 2.36. The van der Waals surface area contributed by atoms with E-state index in [0.717, 1.165) is 15.7 Å². The number of rotatable bonds is 3. The molecule has 3 atom stereocenters. The molecule has 0 aliphatic carbocycles. The number of methoxy groups -OCH3 is 1. The van der Waals surface area contributed by atoms with E-state index in [0.29, 0.717) is 22.9 Å². The van der Waals surface area contributed by atoms with Crippen LogP contribution in [0.15, 0.2) is 48.8 Å². The second kappa shape index (κ2) is 7.81. The van der Waals surface area contributed by atoms with Gasteiger partial charge < -0.3 is 9.64 Å². The van der Waals surface area contributed by atoms with Crippen molar-refractivity contribution in [2.24, 2.45) is 0 Å². The third-order valence-corrected chi connectivity index (χ3v) is 5.92. The van der Waals surface area contributed by atoms with Gasteiger partial charge in [0.25, 0.3) is 11.7 Å². The van der Waals surface area contributed by atoms with Crippen LogP contribution in [0.5, 0.6) is 5.75 Å². The van der Waals surface area contributed by atoms with E-state index >= 15 is 0 Å². The molecule has 0 radical (unpaired) electrons. The molecular weight excluding hydrogens is 416 g/mol. The summed E-state index contributed by atoms with van der Waals surface area (Å²) >= 11 is 0. The van der Waals surface area contributed by atoms with E-state index in [9.17, 15) is 13.6 Å². The zero-order chi connectivity index (χ0) is 22.4. The van der Waals surface area contributed by atoms with Crippen molar-refractivity contribution in [2.45, 2.75) is 31.7 Å². The highest BCUT2D eigenvalue weighted by molar-refractivity contribution is 6.04. The molecule has 7 nitrogen and oxygen atoms in total. The maximum atomic E-state index is 15.0. The van der Waals surface area contributed by atoms with E-state index < -0.39 is 24.3 Å². The topological polar surface area (TPSA) is 72.6 Å². The lowest BCUT2D eigenvalue weighted by Gasteiger charge is -2.38. The third-order valence-electron chi connectivity index (χ3n) is 5.92.